The molecule has 2 amide bonds. The third kappa shape index (κ3) is 7.61. The maximum atomic E-state index is 13.1. The van der Waals surface area contributed by atoms with Gasteiger partial charge in [-0.3, -0.25) is 10.1 Å². The zero-order valence-corrected chi connectivity index (χ0v) is 29.0. The fraction of sp³-hybridized carbons (Fsp3) is 0.342. The number of methoxy groups -OCH3 is 1. The van der Waals surface area contributed by atoms with Crippen LogP contribution in [-0.2, 0) is 20.6 Å². The summed E-state index contributed by atoms with van der Waals surface area (Å²) in [6.45, 7) is 10.9. The van der Waals surface area contributed by atoms with Crippen molar-refractivity contribution in [2.24, 2.45) is 5.92 Å². The lowest BCUT2D eigenvalue weighted by Gasteiger charge is -2.48. The number of nitrogens with one attached hydrogen (secondary N) is 2. The molecule has 1 aliphatic rings. The quantitative estimate of drug-likeness (QED) is 0.106. The second-order valence-corrected chi connectivity index (χ2v) is 13.0. The summed E-state index contributed by atoms with van der Waals surface area (Å²) in [5.41, 5.74) is 0.407. The maximum Gasteiger partial charge on any atom is 0.412 e. The number of ether oxygens (including phenoxy) is 4. The minimum absolute atomic E-state index is 0.0346. The van der Waals surface area contributed by atoms with Gasteiger partial charge >= 0.3 is 11.7 Å². The SMILES string of the molecule is CO[C@@H]1[C@@H](OC(=O)Nc2ccccc2)[C@@H](C)[C@H](Oc2ccc3c(O)c(NC(=O)c4ccc(O)c(CC=C(C)C)c4)c(=O)oc3c2C)OC1(C)C. The standard InChI is InChI=1S/C38H42N2O10/c1-20(2)13-14-23-19-24(15-17-27(23)41)34(43)40-29-30(42)26-16-18-28(21(3)31(26)48-35(29)44)47-36-22(4)32(33(46-7)38(5,6)50-36)49-37(45)39-25-11-9-8-10-12-25/h8-13,15-19,22,32-33,36,41-42H,14H2,1-7H3,(H,39,45)(H,40,43)/t22-,32+,33-,36-/m1/s1. The van der Waals surface area contributed by atoms with Gasteiger partial charge in [-0.25, -0.2) is 9.59 Å². The number of hydrogen-bond donors (Lipinski definition) is 4. The molecule has 1 saturated heterocycles. The van der Waals surface area contributed by atoms with E-state index in [9.17, 15) is 24.6 Å². The van der Waals surface area contributed by atoms with E-state index >= 15 is 0 Å². The molecule has 4 aromatic rings. The van der Waals surface area contributed by atoms with Gasteiger partial charge in [-0.05, 0) is 89.1 Å². The number of phenols is 1. The van der Waals surface area contributed by atoms with Gasteiger partial charge in [-0.2, -0.15) is 0 Å². The average molecular weight is 687 g/mol. The second kappa shape index (κ2) is 14.7. The van der Waals surface area contributed by atoms with Crippen molar-refractivity contribution in [3.05, 3.63) is 99.4 Å². The van der Waals surface area contributed by atoms with E-state index in [4.69, 9.17) is 23.4 Å². The molecular weight excluding hydrogens is 644 g/mol. The zero-order chi connectivity index (χ0) is 36.3. The highest BCUT2D eigenvalue weighted by Crippen LogP contribution is 2.40. The smallest absolute Gasteiger partial charge is 0.412 e. The Morgan fingerprint density at radius 3 is 2.42 bits per heavy atom. The van der Waals surface area contributed by atoms with Crippen LogP contribution >= 0.6 is 0 Å². The Morgan fingerprint density at radius 2 is 1.74 bits per heavy atom. The van der Waals surface area contributed by atoms with E-state index in [-0.39, 0.29) is 22.3 Å². The molecule has 5 rings (SSSR count). The third-order valence-corrected chi connectivity index (χ3v) is 8.67. The van der Waals surface area contributed by atoms with Crippen LogP contribution in [0.15, 0.2) is 81.5 Å². The lowest BCUT2D eigenvalue weighted by atomic mass is 9.85. The first kappa shape index (κ1) is 36.0. The zero-order valence-electron chi connectivity index (χ0n) is 29.0. The molecule has 4 atom stereocenters. The molecule has 0 unspecified atom stereocenters. The third-order valence-electron chi connectivity index (χ3n) is 8.67. The van der Waals surface area contributed by atoms with Gasteiger partial charge in [0.05, 0.1) is 16.9 Å². The van der Waals surface area contributed by atoms with Crippen molar-refractivity contribution in [1.82, 2.24) is 0 Å². The van der Waals surface area contributed by atoms with Crippen LogP contribution in [-0.4, -0.2) is 53.4 Å². The summed E-state index contributed by atoms with van der Waals surface area (Å²) in [4.78, 5) is 39.2. The highest BCUT2D eigenvalue weighted by Gasteiger charge is 2.52. The minimum Gasteiger partial charge on any atom is -0.508 e. The van der Waals surface area contributed by atoms with Gasteiger partial charge in [0.1, 0.15) is 29.3 Å². The molecule has 4 N–H and O–H groups in total. The van der Waals surface area contributed by atoms with Crippen molar-refractivity contribution in [3.63, 3.8) is 0 Å². The van der Waals surface area contributed by atoms with Crippen LogP contribution in [0.25, 0.3) is 11.0 Å². The molecule has 2 heterocycles. The van der Waals surface area contributed by atoms with Gasteiger partial charge in [0, 0.05) is 23.9 Å². The number of aryl methyl sites for hydroxylation is 1. The van der Waals surface area contributed by atoms with E-state index in [1.165, 1.54) is 31.4 Å². The van der Waals surface area contributed by atoms with Gasteiger partial charge < -0.3 is 38.9 Å². The first-order valence-electron chi connectivity index (χ1n) is 16.2. The maximum absolute atomic E-state index is 13.1. The first-order valence-corrected chi connectivity index (χ1v) is 16.2. The summed E-state index contributed by atoms with van der Waals surface area (Å²) < 4.78 is 29.9. The predicted molar refractivity (Wildman–Crippen MR) is 188 cm³/mol. The topological polar surface area (TPSA) is 166 Å². The Morgan fingerprint density at radius 1 is 1.02 bits per heavy atom. The summed E-state index contributed by atoms with van der Waals surface area (Å²) in [6, 6.07) is 16.3. The summed E-state index contributed by atoms with van der Waals surface area (Å²) in [7, 11) is 1.52. The Hall–Kier alpha value is -5.33. The van der Waals surface area contributed by atoms with Crippen molar-refractivity contribution in [3.8, 4) is 17.2 Å². The molecule has 12 heteroatoms. The number of fused-ring (bicyclic) bond motifs is 1. The number of phenolic OH excluding ortho intramolecular Hbond substituents is 1. The molecular formula is C38H42N2O10. The summed E-state index contributed by atoms with van der Waals surface area (Å²) in [5.74, 6) is -1.35. The van der Waals surface area contributed by atoms with Gasteiger partial charge in [-0.15, -0.1) is 0 Å². The highest BCUT2D eigenvalue weighted by atomic mass is 16.7. The molecule has 0 saturated carbocycles. The van der Waals surface area contributed by atoms with Crippen LogP contribution in [0.2, 0.25) is 0 Å². The van der Waals surface area contributed by atoms with Crippen molar-refractivity contribution >= 4 is 34.3 Å². The van der Waals surface area contributed by atoms with Crippen LogP contribution < -0.4 is 21.0 Å². The lowest BCUT2D eigenvalue weighted by molar-refractivity contribution is -0.287. The fourth-order valence-electron chi connectivity index (χ4n) is 5.93. The number of aromatic hydroxyl groups is 2. The van der Waals surface area contributed by atoms with Crippen LogP contribution in [0.5, 0.6) is 17.2 Å². The first-order chi connectivity index (χ1) is 23.7. The van der Waals surface area contributed by atoms with Crippen LogP contribution in [0.3, 0.4) is 0 Å². The molecule has 264 valence electrons. The van der Waals surface area contributed by atoms with Crippen molar-refractivity contribution < 1.29 is 43.2 Å². The number of allylic oxidation sites excluding steroid dienone is 2. The van der Waals surface area contributed by atoms with E-state index in [1.54, 1.807) is 51.1 Å². The number of rotatable bonds is 9. The lowest BCUT2D eigenvalue weighted by Crippen LogP contribution is -2.62. The highest BCUT2D eigenvalue weighted by molar-refractivity contribution is 6.06. The molecule has 1 fully saturated rings. The number of carbonyl (C=O) groups is 2. The second-order valence-electron chi connectivity index (χ2n) is 13.0. The molecule has 12 nitrogen and oxygen atoms in total. The largest absolute Gasteiger partial charge is 0.508 e. The average Bonchev–Trinajstić information content (AvgIpc) is 3.06. The summed E-state index contributed by atoms with van der Waals surface area (Å²) in [5, 5.41) is 26.7. The molecule has 3 aromatic carbocycles. The Balaban J connectivity index is 1.38. The number of para-hydroxylation sites is 1. The van der Waals surface area contributed by atoms with Gasteiger partial charge in [0.2, 0.25) is 6.29 Å². The molecule has 1 aliphatic heterocycles. The van der Waals surface area contributed by atoms with Crippen LogP contribution in [0.4, 0.5) is 16.2 Å². The number of anilines is 2. The van der Waals surface area contributed by atoms with Crippen LogP contribution in [0.1, 0.15) is 56.1 Å². The van der Waals surface area contributed by atoms with E-state index < -0.39 is 59.1 Å². The Labute approximate surface area is 289 Å². The molecule has 50 heavy (non-hydrogen) atoms. The predicted octanol–water partition coefficient (Wildman–Crippen LogP) is 7.06. The molecule has 1 aromatic heterocycles. The van der Waals surface area contributed by atoms with Crippen molar-refractivity contribution in [2.75, 3.05) is 17.7 Å². The number of hydrogen-bond acceptors (Lipinski definition) is 10. The van der Waals surface area contributed by atoms with Gasteiger partial charge in [0.25, 0.3) is 5.91 Å². The van der Waals surface area contributed by atoms with E-state index in [1.807, 2.05) is 32.9 Å². The van der Waals surface area contributed by atoms with E-state index in [0.717, 1.165) is 5.57 Å². The van der Waals surface area contributed by atoms with E-state index in [0.29, 0.717) is 29.0 Å². The van der Waals surface area contributed by atoms with Gasteiger partial charge in [-0.1, -0.05) is 36.8 Å². The molecule has 0 bridgehead atoms. The number of benzene rings is 3. The number of carbonyl (C=O) groups excluding carboxylic acids is 2. The van der Waals surface area contributed by atoms with Crippen molar-refractivity contribution in [2.45, 2.75) is 72.1 Å². The number of amides is 2. The molecule has 0 radical (unpaired) electrons. The fourth-order valence-corrected chi connectivity index (χ4v) is 5.93. The van der Waals surface area contributed by atoms with Gasteiger partial charge in [0.15, 0.2) is 11.4 Å². The summed E-state index contributed by atoms with van der Waals surface area (Å²) >= 11 is 0. The molecule has 0 spiro atoms. The normalized spacial score (nSPS) is 19.7. The summed E-state index contributed by atoms with van der Waals surface area (Å²) in [6.07, 6.45) is -0.670. The van der Waals surface area contributed by atoms with E-state index in [2.05, 4.69) is 10.6 Å². The van der Waals surface area contributed by atoms with Crippen molar-refractivity contribution in [1.29, 1.82) is 0 Å². The minimum atomic E-state index is -0.976. The Kier molecular flexibility index (Phi) is 10.5. The van der Waals surface area contributed by atoms with Crippen LogP contribution in [0, 0.1) is 12.8 Å². The Bertz CT molecular complexity index is 1980. The monoisotopic (exact) mass is 686 g/mol. The molecule has 0 aliphatic carbocycles.